The van der Waals surface area contributed by atoms with Gasteiger partial charge in [0.25, 0.3) is 0 Å². The molecule has 6 heteroatoms. The molecule has 0 aromatic heterocycles. The van der Waals surface area contributed by atoms with Crippen molar-refractivity contribution in [3.63, 3.8) is 0 Å². The van der Waals surface area contributed by atoms with Gasteiger partial charge in [0.15, 0.2) is 9.84 Å². The van der Waals surface area contributed by atoms with Gasteiger partial charge < -0.3 is 5.32 Å². The van der Waals surface area contributed by atoms with Gasteiger partial charge in [0.1, 0.15) is 0 Å². The van der Waals surface area contributed by atoms with Crippen molar-refractivity contribution in [3.05, 3.63) is 0 Å². The van der Waals surface area contributed by atoms with Crippen molar-refractivity contribution in [2.24, 2.45) is 0 Å². The van der Waals surface area contributed by atoms with Crippen molar-refractivity contribution in [1.82, 2.24) is 15.1 Å². The monoisotopic (exact) mass is 315 g/mol. The van der Waals surface area contributed by atoms with Crippen molar-refractivity contribution >= 4 is 9.84 Å². The Morgan fingerprint density at radius 2 is 2.05 bits per heavy atom. The lowest BCUT2D eigenvalue weighted by Crippen LogP contribution is -2.59. The van der Waals surface area contributed by atoms with Crippen LogP contribution in [0, 0.1) is 0 Å². The average Bonchev–Trinajstić information content (AvgIpc) is 2.79. The van der Waals surface area contributed by atoms with Gasteiger partial charge >= 0.3 is 0 Å². The molecule has 0 bridgehead atoms. The van der Waals surface area contributed by atoms with E-state index in [9.17, 15) is 8.42 Å². The normalized spacial score (nSPS) is 37.5. The van der Waals surface area contributed by atoms with Gasteiger partial charge in [-0.3, -0.25) is 9.80 Å². The molecule has 3 aliphatic rings. The van der Waals surface area contributed by atoms with E-state index in [0.717, 1.165) is 25.6 Å². The van der Waals surface area contributed by atoms with Crippen LogP contribution in [0.15, 0.2) is 0 Å². The second kappa shape index (κ2) is 6.52. The zero-order valence-corrected chi connectivity index (χ0v) is 13.9. The lowest BCUT2D eigenvalue weighted by atomic mass is 9.97. The third-order valence-corrected chi connectivity index (χ3v) is 7.15. The third-order valence-electron chi connectivity index (χ3n) is 5.38. The number of hydrogen-bond donors (Lipinski definition) is 1. The highest BCUT2D eigenvalue weighted by Gasteiger charge is 2.33. The molecule has 0 aliphatic carbocycles. The molecule has 0 aromatic carbocycles. The highest BCUT2D eigenvalue weighted by Crippen LogP contribution is 2.23. The fourth-order valence-corrected chi connectivity index (χ4v) is 5.80. The predicted molar refractivity (Wildman–Crippen MR) is 85.3 cm³/mol. The molecule has 21 heavy (non-hydrogen) atoms. The summed E-state index contributed by atoms with van der Waals surface area (Å²) in [6, 6.07) is 1.55. The minimum Gasteiger partial charge on any atom is -0.312 e. The summed E-state index contributed by atoms with van der Waals surface area (Å²) in [4.78, 5) is 5.25. The number of nitrogens with one attached hydrogen (secondary N) is 1. The van der Waals surface area contributed by atoms with E-state index in [1.807, 2.05) is 0 Å². The molecule has 0 spiro atoms. The summed E-state index contributed by atoms with van der Waals surface area (Å²) in [6.07, 6.45) is 4.87. The fourth-order valence-electron chi connectivity index (χ4n) is 4.09. The predicted octanol–water partition coefficient (Wildman–Crippen LogP) is 0.322. The summed E-state index contributed by atoms with van der Waals surface area (Å²) in [5.74, 6) is 0.695. The minimum atomic E-state index is -2.76. The Kier molecular flexibility index (Phi) is 4.88. The van der Waals surface area contributed by atoms with Crippen LogP contribution in [0.1, 0.15) is 32.6 Å². The van der Waals surface area contributed by atoms with Crippen LogP contribution in [0.25, 0.3) is 0 Å². The van der Waals surface area contributed by atoms with E-state index in [4.69, 9.17) is 0 Å². The second-order valence-corrected chi connectivity index (χ2v) is 9.27. The van der Waals surface area contributed by atoms with Gasteiger partial charge in [0, 0.05) is 44.3 Å². The maximum Gasteiger partial charge on any atom is 0.151 e. The molecule has 3 fully saturated rings. The summed E-state index contributed by atoms with van der Waals surface area (Å²) in [6.45, 7) is 7.94. The molecule has 122 valence electrons. The molecular weight excluding hydrogens is 286 g/mol. The fraction of sp³-hybridized carbons (Fsp3) is 1.00. The molecule has 3 heterocycles. The number of sulfone groups is 1. The highest BCUT2D eigenvalue weighted by molar-refractivity contribution is 7.91. The maximum absolute atomic E-state index is 11.5. The van der Waals surface area contributed by atoms with Crippen LogP contribution in [0.3, 0.4) is 0 Å². The Morgan fingerprint density at radius 3 is 2.81 bits per heavy atom. The molecule has 3 atom stereocenters. The highest BCUT2D eigenvalue weighted by atomic mass is 32.2. The van der Waals surface area contributed by atoms with Crippen LogP contribution in [0.5, 0.6) is 0 Å². The lowest BCUT2D eigenvalue weighted by molar-refractivity contribution is 0.0158. The van der Waals surface area contributed by atoms with Gasteiger partial charge in [-0.05, 0) is 32.7 Å². The summed E-state index contributed by atoms with van der Waals surface area (Å²) in [5, 5.41) is 3.44. The number of rotatable bonds is 4. The largest absolute Gasteiger partial charge is 0.312 e. The Hall–Kier alpha value is -0.170. The first-order valence-electron chi connectivity index (χ1n) is 8.45. The van der Waals surface area contributed by atoms with Gasteiger partial charge in [0.2, 0.25) is 0 Å². The topological polar surface area (TPSA) is 52.6 Å². The van der Waals surface area contributed by atoms with Gasteiger partial charge in [-0.15, -0.1) is 0 Å². The number of piperidine rings is 1. The summed E-state index contributed by atoms with van der Waals surface area (Å²) >= 11 is 0. The molecule has 3 rings (SSSR count). The Morgan fingerprint density at radius 1 is 1.19 bits per heavy atom. The number of fused-ring (bicyclic) bond motifs is 1. The van der Waals surface area contributed by atoms with Crippen molar-refractivity contribution in [2.75, 3.05) is 44.2 Å². The summed E-state index contributed by atoms with van der Waals surface area (Å²) in [5.41, 5.74) is 0. The molecule has 3 saturated heterocycles. The number of piperazine rings is 1. The first-order valence-corrected chi connectivity index (χ1v) is 10.3. The minimum absolute atomic E-state index is 0.182. The Bertz CT molecular complexity index is 454. The third kappa shape index (κ3) is 3.97. The zero-order valence-electron chi connectivity index (χ0n) is 13.1. The maximum atomic E-state index is 11.5. The first kappa shape index (κ1) is 15.7. The smallest absolute Gasteiger partial charge is 0.151 e. The number of hydrogen-bond acceptors (Lipinski definition) is 5. The van der Waals surface area contributed by atoms with Crippen LogP contribution in [-0.2, 0) is 9.84 Å². The summed E-state index contributed by atoms with van der Waals surface area (Å²) < 4.78 is 22.9. The number of nitrogens with zero attached hydrogens (tertiary/aromatic N) is 2. The van der Waals surface area contributed by atoms with Crippen LogP contribution >= 0.6 is 0 Å². The average molecular weight is 315 g/mol. The molecule has 0 aromatic rings. The molecular formula is C15H29N3O2S. The molecule has 3 aliphatic heterocycles. The van der Waals surface area contributed by atoms with Crippen molar-refractivity contribution in [2.45, 2.75) is 50.7 Å². The van der Waals surface area contributed by atoms with Crippen LogP contribution in [0.4, 0.5) is 0 Å². The molecule has 5 nitrogen and oxygen atoms in total. The standard InChI is InChI=1S/C15H29N3O2S/c1-13-10-18-7-3-2-4-15(18)11-17(13)8-6-16-14-5-9-21(19,20)12-14/h13-16H,2-12H2,1H3. The van der Waals surface area contributed by atoms with Crippen molar-refractivity contribution in [1.29, 1.82) is 0 Å². The van der Waals surface area contributed by atoms with E-state index in [0.29, 0.717) is 17.5 Å². The molecule has 0 amide bonds. The molecule has 1 N–H and O–H groups in total. The lowest BCUT2D eigenvalue weighted by Gasteiger charge is -2.47. The van der Waals surface area contributed by atoms with E-state index in [1.54, 1.807) is 0 Å². The Labute approximate surface area is 129 Å². The zero-order chi connectivity index (χ0) is 14.9. The van der Waals surface area contributed by atoms with Crippen LogP contribution in [0.2, 0.25) is 0 Å². The molecule has 3 unspecified atom stereocenters. The van der Waals surface area contributed by atoms with Gasteiger partial charge in [-0.1, -0.05) is 6.42 Å². The second-order valence-electron chi connectivity index (χ2n) is 7.04. The first-order chi connectivity index (χ1) is 10.0. The molecule has 0 radical (unpaired) electrons. The Balaban J connectivity index is 1.42. The van der Waals surface area contributed by atoms with Crippen LogP contribution in [-0.4, -0.2) is 80.6 Å². The van der Waals surface area contributed by atoms with Crippen molar-refractivity contribution in [3.8, 4) is 0 Å². The van der Waals surface area contributed by atoms with Gasteiger partial charge in [-0.25, -0.2) is 8.42 Å². The van der Waals surface area contributed by atoms with Gasteiger partial charge in [0.05, 0.1) is 11.5 Å². The summed E-state index contributed by atoms with van der Waals surface area (Å²) in [7, 11) is -2.76. The van der Waals surface area contributed by atoms with Gasteiger partial charge in [-0.2, -0.15) is 0 Å². The van der Waals surface area contributed by atoms with E-state index in [2.05, 4.69) is 22.0 Å². The van der Waals surface area contributed by atoms with E-state index in [1.165, 1.54) is 38.9 Å². The molecule has 0 saturated carbocycles. The van der Waals surface area contributed by atoms with E-state index in [-0.39, 0.29) is 6.04 Å². The SMILES string of the molecule is CC1CN2CCCCC2CN1CCNC1CCS(=O)(=O)C1. The van der Waals surface area contributed by atoms with Crippen molar-refractivity contribution < 1.29 is 8.42 Å². The van der Waals surface area contributed by atoms with E-state index >= 15 is 0 Å². The quantitative estimate of drug-likeness (QED) is 0.810. The van der Waals surface area contributed by atoms with E-state index < -0.39 is 9.84 Å². The van der Waals surface area contributed by atoms with Crippen LogP contribution < -0.4 is 5.32 Å².